The Morgan fingerprint density at radius 3 is 2.18 bits per heavy atom. The van der Waals surface area contributed by atoms with Gasteiger partial charge in [-0.1, -0.05) is 30.4 Å². The number of amides is 2. The van der Waals surface area contributed by atoms with Crippen LogP contribution in [0.2, 0.25) is 0 Å². The fourth-order valence-electron chi connectivity index (χ4n) is 5.29. The number of rotatable bonds is 14. The van der Waals surface area contributed by atoms with Gasteiger partial charge in [0.25, 0.3) is 11.8 Å². The zero-order chi connectivity index (χ0) is 31.8. The van der Waals surface area contributed by atoms with Crippen LogP contribution in [0.4, 0.5) is 4.39 Å². The molecule has 2 atom stereocenters. The molecule has 3 aromatic rings. The lowest BCUT2D eigenvalue weighted by molar-refractivity contribution is 0.0541. The van der Waals surface area contributed by atoms with Crippen LogP contribution in [0.1, 0.15) is 47.8 Å². The molecule has 1 aliphatic heterocycles. The van der Waals surface area contributed by atoms with Crippen LogP contribution in [0, 0.1) is 5.82 Å². The van der Waals surface area contributed by atoms with Gasteiger partial charge in [0.05, 0.1) is 39.0 Å². The molecular weight excluding hydrogens is 581 g/mol. The highest BCUT2D eigenvalue weighted by atomic mass is 19.1. The van der Waals surface area contributed by atoms with Crippen molar-refractivity contribution in [2.75, 3.05) is 53.7 Å². The second-order valence-electron chi connectivity index (χ2n) is 10.7. The quantitative estimate of drug-likeness (QED) is 0.186. The van der Waals surface area contributed by atoms with E-state index in [1.54, 1.807) is 13.2 Å². The lowest BCUT2D eigenvalue weighted by atomic mass is 10.00. The second-order valence-corrected chi connectivity index (χ2v) is 10.7. The molecule has 3 N–H and O–H groups in total. The molecule has 2 amide bonds. The van der Waals surface area contributed by atoms with E-state index in [1.165, 1.54) is 43.5 Å². The molecule has 11 heteroatoms. The van der Waals surface area contributed by atoms with E-state index >= 15 is 4.39 Å². The van der Waals surface area contributed by atoms with E-state index in [0.717, 1.165) is 17.5 Å². The van der Waals surface area contributed by atoms with Gasteiger partial charge >= 0.3 is 0 Å². The molecule has 0 saturated carbocycles. The van der Waals surface area contributed by atoms with Crippen LogP contribution in [-0.4, -0.2) is 83.4 Å². The minimum atomic E-state index is -0.847. The van der Waals surface area contributed by atoms with Crippen LogP contribution in [-0.2, 0) is 15.9 Å². The molecule has 10 nitrogen and oxygen atoms in total. The summed E-state index contributed by atoms with van der Waals surface area (Å²) in [6.45, 7) is 2.11. The Bertz CT molecular complexity index is 1570. The highest BCUT2D eigenvalue weighted by Gasteiger charge is 2.31. The summed E-state index contributed by atoms with van der Waals surface area (Å²) in [6.07, 6.45) is 4.91. The normalized spacial score (nSPS) is 16.7. The number of allylic oxidation sites excluding steroid dienone is 1. The van der Waals surface area contributed by atoms with Gasteiger partial charge in [-0.25, -0.2) is 4.39 Å². The Morgan fingerprint density at radius 2 is 1.47 bits per heavy atom. The van der Waals surface area contributed by atoms with Gasteiger partial charge in [0, 0.05) is 36.9 Å². The third-order valence-corrected chi connectivity index (χ3v) is 7.73. The molecule has 0 bridgehead atoms. The van der Waals surface area contributed by atoms with Gasteiger partial charge in [-0.2, -0.15) is 0 Å². The molecule has 0 aromatic heterocycles. The van der Waals surface area contributed by atoms with Crippen molar-refractivity contribution in [2.45, 2.75) is 18.5 Å². The Morgan fingerprint density at radius 1 is 0.822 bits per heavy atom. The minimum absolute atomic E-state index is 0.0499. The number of benzene rings is 3. The van der Waals surface area contributed by atoms with E-state index in [4.69, 9.17) is 18.9 Å². The van der Waals surface area contributed by atoms with Crippen molar-refractivity contribution in [1.29, 1.82) is 0 Å². The highest BCUT2D eigenvalue weighted by Crippen LogP contribution is 2.31. The van der Waals surface area contributed by atoms with Gasteiger partial charge in [-0.3, -0.25) is 14.4 Å². The Hall–Kier alpha value is -4.58. The lowest BCUT2D eigenvalue weighted by Gasteiger charge is -2.21. The summed E-state index contributed by atoms with van der Waals surface area (Å²) in [5, 5.41) is 9.21. The van der Waals surface area contributed by atoms with Crippen LogP contribution in [0.15, 0.2) is 60.7 Å². The van der Waals surface area contributed by atoms with Crippen molar-refractivity contribution in [2.24, 2.45) is 0 Å². The summed E-state index contributed by atoms with van der Waals surface area (Å²) in [5.41, 5.74) is 3.00. The molecule has 1 saturated heterocycles. The smallest absolute Gasteiger partial charge is 0.251 e. The monoisotopic (exact) mass is 617 g/mol. The summed E-state index contributed by atoms with van der Waals surface area (Å²) >= 11 is 0. The molecule has 1 aliphatic carbocycles. The van der Waals surface area contributed by atoms with Crippen molar-refractivity contribution in [3.05, 3.63) is 99.9 Å². The number of carbonyl (C=O) groups is 3. The Kier molecular flexibility index (Phi) is 10.6. The van der Waals surface area contributed by atoms with Gasteiger partial charge < -0.3 is 34.9 Å². The maximum Gasteiger partial charge on any atom is 0.251 e. The van der Waals surface area contributed by atoms with E-state index in [0.29, 0.717) is 37.4 Å². The van der Waals surface area contributed by atoms with Crippen molar-refractivity contribution in [3.8, 4) is 11.5 Å². The van der Waals surface area contributed by atoms with Gasteiger partial charge in [-0.05, 0) is 53.9 Å². The first-order valence-corrected chi connectivity index (χ1v) is 14.7. The summed E-state index contributed by atoms with van der Waals surface area (Å²) in [5.74, 6) is -2.09. The fourth-order valence-corrected chi connectivity index (χ4v) is 5.29. The first-order valence-electron chi connectivity index (χ1n) is 14.7. The van der Waals surface area contributed by atoms with Crippen molar-refractivity contribution < 1.29 is 37.7 Å². The van der Waals surface area contributed by atoms with Crippen molar-refractivity contribution in [3.63, 3.8) is 0 Å². The van der Waals surface area contributed by atoms with Gasteiger partial charge in [0.1, 0.15) is 17.9 Å². The number of carbonyl (C=O) groups excluding carboxylic acids is 3. The number of hydrogen-bond donors (Lipinski definition) is 3. The molecule has 1 fully saturated rings. The van der Waals surface area contributed by atoms with Crippen LogP contribution in [0.25, 0.3) is 6.08 Å². The Labute approximate surface area is 260 Å². The summed E-state index contributed by atoms with van der Waals surface area (Å²) < 4.78 is 36.4. The predicted octanol–water partition coefficient (Wildman–Crippen LogP) is 3.18. The molecule has 5 rings (SSSR count). The zero-order valence-electron chi connectivity index (χ0n) is 25.2. The number of ketones is 1. The lowest BCUT2D eigenvalue weighted by Crippen LogP contribution is -2.51. The molecule has 2 aliphatic rings. The van der Waals surface area contributed by atoms with Crippen LogP contribution in [0.3, 0.4) is 0 Å². The van der Waals surface area contributed by atoms with Gasteiger partial charge in [0.2, 0.25) is 0 Å². The first kappa shape index (κ1) is 31.8. The van der Waals surface area contributed by atoms with E-state index < -0.39 is 11.6 Å². The fraction of sp³-hybridized carbons (Fsp3) is 0.324. The third-order valence-electron chi connectivity index (χ3n) is 7.73. The van der Waals surface area contributed by atoms with E-state index in [1.807, 2.05) is 18.2 Å². The largest absolute Gasteiger partial charge is 0.494 e. The number of ether oxygens (including phenoxy) is 4. The van der Waals surface area contributed by atoms with E-state index in [2.05, 4.69) is 22.0 Å². The molecular formula is C34H36FN3O7. The molecule has 236 valence electrons. The number of nitrogens with one attached hydrogen (secondary N) is 3. The maximum absolute atomic E-state index is 15.3. The zero-order valence-corrected chi connectivity index (χ0v) is 25.2. The van der Waals surface area contributed by atoms with Crippen molar-refractivity contribution in [1.82, 2.24) is 16.0 Å². The number of methoxy groups -OCH3 is 2. The topological polar surface area (TPSA) is 124 Å². The number of hydrogen-bond acceptors (Lipinski definition) is 8. The number of halogens is 1. The molecule has 1 heterocycles. The maximum atomic E-state index is 15.3. The Balaban J connectivity index is 1.22. The summed E-state index contributed by atoms with van der Waals surface area (Å²) in [6, 6.07) is 13.8. The third kappa shape index (κ3) is 7.56. The molecule has 0 spiro atoms. The SMILES string of the molecule is COCCOCCOc1ccc(OC)c(F)c1C(=O)c1ccc(C(=O)N[C@@H]2CNC[C@@H]2NC(=O)c2ccc3c(c2)CC=C3)cc1. The number of fused-ring (bicyclic) bond motifs is 1. The molecule has 3 aromatic carbocycles. The molecule has 0 radical (unpaired) electrons. The summed E-state index contributed by atoms with van der Waals surface area (Å²) in [4.78, 5) is 39.5. The van der Waals surface area contributed by atoms with Crippen LogP contribution >= 0.6 is 0 Å². The minimum Gasteiger partial charge on any atom is -0.494 e. The predicted molar refractivity (Wildman–Crippen MR) is 166 cm³/mol. The van der Waals surface area contributed by atoms with Crippen LogP contribution in [0.5, 0.6) is 11.5 Å². The standard InChI is InChI=1S/C34H36FN3O7/c1-42-14-15-44-16-17-45-28-12-13-29(43-2)31(35)30(28)32(39)22-7-9-23(10-8-22)33(40)37-26-19-36-20-27(26)38-34(41)25-11-6-21-4-3-5-24(21)18-25/h3-4,6-13,18,26-27,36H,5,14-17,19-20H2,1-2H3,(H,37,40)(H,38,41)/t26-,27+/m1/s1. The molecule has 0 unspecified atom stereocenters. The molecule has 45 heavy (non-hydrogen) atoms. The van der Waals surface area contributed by atoms with Gasteiger partial charge in [-0.15, -0.1) is 0 Å². The van der Waals surface area contributed by atoms with E-state index in [9.17, 15) is 14.4 Å². The van der Waals surface area contributed by atoms with Gasteiger partial charge in [0.15, 0.2) is 17.3 Å². The second kappa shape index (κ2) is 14.9. The highest BCUT2D eigenvalue weighted by molar-refractivity contribution is 6.11. The van der Waals surface area contributed by atoms with Crippen molar-refractivity contribution >= 4 is 23.7 Å². The van der Waals surface area contributed by atoms with Crippen LogP contribution < -0.4 is 25.4 Å². The first-order chi connectivity index (χ1) is 21.9. The average molecular weight is 618 g/mol. The summed E-state index contributed by atoms with van der Waals surface area (Å²) in [7, 11) is 2.88. The average Bonchev–Trinajstić information content (AvgIpc) is 3.71. The van der Waals surface area contributed by atoms with E-state index in [-0.39, 0.29) is 59.7 Å².